The summed E-state index contributed by atoms with van der Waals surface area (Å²) >= 11 is 4.37. The number of hydrogen-bond donors (Lipinski definition) is 1. The molecule has 2 heterocycles. The maximum atomic E-state index is 13.1. The maximum absolute atomic E-state index is 13.1. The van der Waals surface area contributed by atoms with Crippen molar-refractivity contribution < 1.29 is 27.9 Å². The lowest BCUT2D eigenvalue weighted by atomic mass is 9.86. The standard InChI is InChI=1S/C12H11BrF3NO3S/c1-6-4-7(21-8(6)13)9(18)17-3-2-11(5-17,10(19)20)12(14,15)16/h4H,2-3,5H2,1H3,(H,19,20). The molecule has 21 heavy (non-hydrogen) atoms. The molecule has 0 radical (unpaired) electrons. The first-order valence-corrected chi connectivity index (χ1v) is 7.55. The average Bonchev–Trinajstić information content (AvgIpc) is 2.94. The summed E-state index contributed by atoms with van der Waals surface area (Å²) in [5.74, 6) is -2.50. The Hall–Kier alpha value is -1.09. The molecule has 0 bridgehead atoms. The van der Waals surface area contributed by atoms with Gasteiger partial charge in [0.1, 0.15) is 0 Å². The van der Waals surface area contributed by atoms with Crippen molar-refractivity contribution >= 4 is 39.1 Å². The molecule has 1 atom stereocenters. The summed E-state index contributed by atoms with van der Waals surface area (Å²) < 4.78 is 39.9. The van der Waals surface area contributed by atoms with Crippen molar-refractivity contribution in [2.75, 3.05) is 13.1 Å². The van der Waals surface area contributed by atoms with Gasteiger partial charge in [0, 0.05) is 13.1 Å². The molecule has 0 spiro atoms. The Balaban J connectivity index is 2.25. The van der Waals surface area contributed by atoms with Gasteiger partial charge in [0.25, 0.3) is 5.91 Å². The highest BCUT2D eigenvalue weighted by Crippen LogP contribution is 2.46. The first kappa shape index (κ1) is 16.3. The summed E-state index contributed by atoms with van der Waals surface area (Å²) in [5.41, 5.74) is -2.06. The van der Waals surface area contributed by atoms with Crippen LogP contribution in [0.5, 0.6) is 0 Å². The topological polar surface area (TPSA) is 57.6 Å². The second-order valence-electron chi connectivity index (χ2n) is 4.93. The van der Waals surface area contributed by atoms with E-state index in [-0.39, 0.29) is 6.54 Å². The Morgan fingerprint density at radius 3 is 2.48 bits per heavy atom. The van der Waals surface area contributed by atoms with Crippen LogP contribution in [0.15, 0.2) is 9.85 Å². The number of carbonyl (C=O) groups is 2. The quantitative estimate of drug-likeness (QED) is 0.849. The molecule has 116 valence electrons. The molecule has 1 N–H and O–H groups in total. The Morgan fingerprint density at radius 1 is 1.48 bits per heavy atom. The minimum Gasteiger partial charge on any atom is -0.481 e. The number of carboxylic acids is 1. The number of carbonyl (C=O) groups excluding carboxylic acids is 1. The number of aliphatic carboxylic acids is 1. The van der Waals surface area contributed by atoms with Crippen molar-refractivity contribution in [3.05, 3.63) is 20.3 Å². The number of thiophene rings is 1. The third-order valence-corrected chi connectivity index (χ3v) is 5.70. The molecule has 1 aromatic rings. The van der Waals surface area contributed by atoms with E-state index < -0.39 is 36.4 Å². The Labute approximate surface area is 130 Å². The van der Waals surface area contributed by atoms with E-state index in [1.807, 2.05) is 0 Å². The minimum absolute atomic E-state index is 0.223. The van der Waals surface area contributed by atoms with Gasteiger partial charge in [0.2, 0.25) is 0 Å². The molecule has 0 aromatic carbocycles. The average molecular weight is 386 g/mol. The summed E-state index contributed by atoms with van der Waals surface area (Å²) in [6.07, 6.45) is -5.51. The van der Waals surface area contributed by atoms with Gasteiger partial charge in [-0.15, -0.1) is 11.3 Å². The molecule has 1 unspecified atom stereocenters. The molecule has 1 amide bonds. The number of alkyl halides is 3. The van der Waals surface area contributed by atoms with Crippen molar-refractivity contribution in [3.63, 3.8) is 0 Å². The van der Waals surface area contributed by atoms with Gasteiger partial charge >= 0.3 is 12.1 Å². The van der Waals surface area contributed by atoms with Crippen molar-refractivity contribution in [1.82, 2.24) is 4.90 Å². The fraction of sp³-hybridized carbons (Fsp3) is 0.500. The Kier molecular flexibility index (Phi) is 4.09. The van der Waals surface area contributed by atoms with Crippen LogP contribution in [0.1, 0.15) is 21.7 Å². The van der Waals surface area contributed by atoms with Crippen LogP contribution in [-0.2, 0) is 4.79 Å². The number of carboxylic acid groups (broad SMARTS) is 1. The molecule has 0 saturated carbocycles. The van der Waals surface area contributed by atoms with Crippen molar-refractivity contribution in [1.29, 1.82) is 0 Å². The minimum atomic E-state index is -4.89. The van der Waals surface area contributed by atoms with Crippen LogP contribution in [0.4, 0.5) is 13.2 Å². The summed E-state index contributed by atoms with van der Waals surface area (Å²) in [6.45, 7) is 0.692. The molecular formula is C12H11BrF3NO3S. The lowest BCUT2D eigenvalue weighted by Crippen LogP contribution is -2.47. The van der Waals surface area contributed by atoms with Crippen molar-refractivity contribution in [3.8, 4) is 0 Å². The lowest BCUT2D eigenvalue weighted by Gasteiger charge is -2.27. The molecule has 1 aliphatic heterocycles. The van der Waals surface area contributed by atoms with Crippen LogP contribution in [0.2, 0.25) is 0 Å². The maximum Gasteiger partial charge on any atom is 0.406 e. The first-order chi connectivity index (χ1) is 9.58. The van der Waals surface area contributed by atoms with E-state index in [2.05, 4.69) is 15.9 Å². The Morgan fingerprint density at radius 2 is 2.10 bits per heavy atom. The van der Waals surface area contributed by atoms with Gasteiger partial charge in [-0.1, -0.05) is 0 Å². The number of nitrogens with zero attached hydrogens (tertiary/aromatic N) is 1. The van der Waals surface area contributed by atoms with Crippen LogP contribution in [0, 0.1) is 12.3 Å². The van der Waals surface area contributed by atoms with Crippen molar-refractivity contribution in [2.24, 2.45) is 5.41 Å². The van der Waals surface area contributed by atoms with Gasteiger partial charge in [-0.25, -0.2) is 0 Å². The van der Waals surface area contributed by atoms with Crippen molar-refractivity contribution in [2.45, 2.75) is 19.5 Å². The highest BCUT2D eigenvalue weighted by atomic mass is 79.9. The number of halogens is 4. The van der Waals surface area contributed by atoms with Crippen LogP contribution in [-0.4, -0.2) is 41.1 Å². The van der Waals surface area contributed by atoms with Crippen LogP contribution >= 0.6 is 27.3 Å². The number of amides is 1. The fourth-order valence-electron chi connectivity index (χ4n) is 2.23. The monoisotopic (exact) mass is 385 g/mol. The third-order valence-electron chi connectivity index (χ3n) is 3.58. The molecule has 1 fully saturated rings. The van der Waals surface area contributed by atoms with E-state index >= 15 is 0 Å². The van der Waals surface area contributed by atoms with Gasteiger partial charge in [0.15, 0.2) is 5.41 Å². The van der Waals surface area contributed by atoms with E-state index in [4.69, 9.17) is 5.11 Å². The number of hydrogen-bond acceptors (Lipinski definition) is 3. The predicted molar refractivity (Wildman–Crippen MR) is 73.4 cm³/mol. The second kappa shape index (κ2) is 5.28. The molecule has 2 rings (SSSR count). The van der Waals surface area contributed by atoms with Gasteiger partial charge < -0.3 is 10.0 Å². The summed E-state index contributed by atoms with van der Waals surface area (Å²) in [7, 11) is 0. The molecule has 1 aliphatic rings. The van der Waals surface area contributed by atoms with Crippen LogP contribution in [0.25, 0.3) is 0 Å². The van der Waals surface area contributed by atoms with E-state index in [1.54, 1.807) is 13.0 Å². The van der Waals surface area contributed by atoms with E-state index in [9.17, 15) is 22.8 Å². The SMILES string of the molecule is Cc1cc(C(=O)N2CCC(C(=O)O)(C(F)(F)F)C2)sc1Br. The number of likely N-dealkylation sites (tertiary alicyclic amines) is 1. The molecule has 4 nitrogen and oxygen atoms in total. The van der Waals surface area contributed by atoms with Gasteiger partial charge in [-0.3, -0.25) is 9.59 Å². The summed E-state index contributed by atoms with van der Waals surface area (Å²) in [6, 6.07) is 1.57. The van der Waals surface area contributed by atoms with Crippen LogP contribution in [0.3, 0.4) is 0 Å². The van der Waals surface area contributed by atoms with Gasteiger partial charge in [0.05, 0.1) is 8.66 Å². The van der Waals surface area contributed by atoms with E-state index in [0.29, 0.717) is 4.88 Å². The zero-order chi connectivity index (χ0) is 16.0. The molecular weight excluding hydrogens is 375 g/mol. The highest BCUT2D eigenvalue weighted by molar-refractivity contribution is 9.11. The molecule has 0 aliphatic carbocycles. The third kappa shape index (κ3) is 2.68. The lowest BCUT2D eigenvalue weighted by molar-refractivity contribution is -0.227. The smallest absolute Gasteiger partial charge is 0.406 e. The summed E-state index contributed by atoms with van der Waals surface area (Å²) in [5, 5.41) is 8.95. The van der Waals surface area contributed by atoms with Gasteiger partial charge in [-0.2, -0.15) is 13.2 Å². The van der Waals surface area contributed by atoms with E-state index in [1.165, 1.54) is 0 Å². The predicted octanol–water partition coefficient (Wildman–Crippen LogP) is 3.30. The van der Waals surface area contributed by atoms with Crippen LogP contribution < -0.4 is 0 Å². The molecule has 1 saturated heterocycles. The zero-order valence-corrected chi connectivity index (χ0v) is 13.2. The second-order valence-corrected chi connectivity index (χ2v) is 7.30. The zero-order valence-electron chi connectivity index (χ0n) is 10.8. The normalized spacial score (nSPS) is 22.6. The fourth-order valence-corrected chi connectivity index (χ4v) is 3.73. The largest absolute Gasteiger partial charge is 0.481 e. The first-order valence-electron chi connectivity index (χ1n) is 5.94. The molecule has 9 heteroatoms. The number of rotatable bonds is 2. The Bertz CT molecular complexity index is 582. The highest BCUT2D eigenvalue weighted by Gasteiger charge is 2.64. The van der Waals surface area contributed by atoms with Gasteiger partial charge in [-0.05, 0) is 40.9 Å². The number of aryl methyl sites for hydroxylation is 1. The summed E-state index contributed by atoms with van der Waals surface area (Å²) in [4.78, 5) is 24.5. The molecule has 1 aromatic heterocycles. The van der Waals surface area contributed by atoms with E-state index in [0.717, 1.165) is 25.6 Å².